The van der Waals surface area contributed by atoms with Crippen molar-refractivity contribution in [2.75, 3.05) is 0 Å². The molecule has 2 fully saturated rings. The highest BCUT2D eigenvalue weighted by molar-refractivity contribution is 5.93. The van der Waals surface area contributed by atoms with Crippen molar-refractivity contribution in [2.24, 2.45) is 17.8 Å². The molecule has 2 amide bonds. The third-order valence-corrected chi connectivity index (χ3v) is 6.56. The molecule has 0 spiro atoms. The van der Waals surface area contributed by atoms with Gasteiger partial charge in [-0.25, -0.2) is 9.67 Å². The standard InChI is InChI=1S/C25H25N5O3/c31-21-17-10-7-11-18(21)15-19(14-17)24(32)27-28-25(33)22-26-23(16-8-3-1-4-9-16)30(29-22)20-12-5-2-6-13-20/h1-6,8-9,12-13,17-19H,7,10-11,14-15H2,(H,27,32)(H,28,33). The Hall–Kier alpha value is -3.81. The van der Waals surface area contributed by atoms with Gasteiger partial charge in [-0.15, -0.1) is 5.10 Å². The van der Waals surface area contributed by atoms with Crippen LogP contribution in [-0.4, -0.2) is 32.4 Å². The van der Waals surface area contributed by atoms with Crippen LogP contribution in [0, 0.1) is 17.8 Å². The number of carbonyl (C=O) groups is 3. The van der Waals surface area contributed by atoms with Gasteiger partial charge in [-0.05, 0) is 37.8 Å². The van der Waals surface area contributed by atoms with E-state index in [0.29, 0.717) is 24.4 Å². The van der Waals surface area contributed by atoms with Crippen molar-refractivity contribution in [2.45, 2.75) is 32.1 Å². The molecule has 2 aliphatic carbocycles. The lowest BCUT2D eigenvalue weighted by molar-refractivity contribution is -0.138. The van der Waals surface area contributed by atoms with Crippen molar-refractivity contribution in [3.05, 3.63) is 66.5 Å². The second-order valence-corrected chi connectivity index (χ2v) is 8.71. The molecule has 3 aromatic rings. The Labute approximate surface area is 191 Å². The van der Waals surface area contributed by atoms with Crippen LogP contribution in [0.25, 0.3) is 17.1 Å². The van der Waals surface area contributed by atoms with E-state index in [-0.39, 0.29) is 29.5 Å². The molecular weight excluding hydrogens is 418 g/mol. The number of ketones is 1. The maximum atomic E-state index is 12.8. The molecule has 2 atom stereocenters. The van der Waals surface area contributed by atoms with E-state index in [4.69, 9.17) is 0 Å². The number of hydrogen-bond acceptors (Lipinski definition) is 5. The predicted molar refractivity (Wildman–Crippen MR) is 121 cm³/mol. The Balaban J connectivity index is 1.31. The summed E-state index contributed by atoms with van der Waals surface area (Å²) in [6, 6.07) is 18.9. The highest BCUT2D eigenvalue weighted by Crippen LogP contribution is 2.40. The van der Waals surface area contributed by atoms with E-state index in [2.05, 4.69) is 20.9 Å². The quantitative estimate of drug-likeness (QED) is 0.603. The first-order valence-corrected chi connectivity index (χ1v) is 11.3. The van der Waals surface area contributed by atoms with E-state index in [0.717, 1.165) is 30.5 Å². The summed E-state index contributed by atoms with van der Waals surface area (Å²) in [7, 11) is 0. The van der Waals surface area contributed by atoms with Gasteiger partial charge in [0, 0.05) is 23.3 Å². The lowest BCUT2D eigenvalue weighted by Crippen LogP contribution is -2.48. The van der Waals surface area contributed by atoms with Crippen LogP contribution in [0.15, 0.2) is 60.7 Å². The number of amides is 2. The number of aromatic nitrogens is 3. The smallest absolute Gasteiger partial charge is 0.299 e. The Morgan fingerprint density at radius 3 is 2.18 bits per heavy atom. The Bertz CT molecular complexity index is 1100. The van der Waals surface area contributed by atoms with Crippen molar-refractivity contribution in [3.63, 3.8) is 0 Å². The van der Waals surface area contributed by atoms with Crippen molar-refractivity contribution in [1.29, 1.82) is 0 Å². The molecular formula is C25H25N5O3. The van der Waals surface area contributed by atoms with Gasteiger partial charge in [-0.3, -0.25) is 25.2 Å². The third kappa shape index (κ3) is 4.28. The molecule has 2 saturated carbocycles. The summed E-state index contributed by atoms with van der Waals surface area (Å²) in [4.78, 5) is 42.2. The number of benzene rings is 2. The number of carbonyl (C=O) groups excluding carboxylic acids is 3. The predicted octanol–water partition coefficient (Wildman–Crippen LogP) is 3.09. The molecule has 8 nitrogen and oxygen atoms in total. The molecule has 2 N–H and O–H groups in total. The van der Waals surface area contributed by atoms with Crippen molar-refractivity contribution < 1.29 is 14.4 Å². The van der Waals surface area contributed by atoms with Crippen molar-refractivity contribution in [1.82, 2.24) is 25.6 Å². The van der Waals surface area contributed by atoms with Gasteiger partial charge in [-0.1, -0.05) is 55.0 Å². The monoisotopic (exact) mass is 443 g/mol. The lowest BCUT2D eigenvalue weighted by atomic mass is 9.67. The van der Waals surface area contributed by atoms with Crippen LogP contribution < -0.4 is 10.9 Å². The van der Waals surface area contributed by atoms with Crippen LogP contribution in [0.1, 0.15) is 42.7 Å². The molecule has 1 heterocycles. The summed E-state index contributed by atoms with van der Waals surface area (Å²) < 4.78 is 1.61. The molecule has 2 aromatic carbocycles. The number of rotatable bonds is 4. The molecule has 2 bridgehead atoms. The minimum Gasteiger partial charge on any atom is -0.299 e. The second kappa shape index (κ2) is 8.97. The minimum absolute atomic E-state index is 0.0272. The van der Waals surface area contributed by atoms with Crippen LogP contribution in [0.5, 0.6) is 0 Å². The Morgan fingerprint density at radius 1 is 0.879 bits per heavy atom. The average molecular weight is 444 g/mol. The van der Waals surface area contributed by atoms with Crippen LogP contribution in [0.4, 0.5) is 0 Å². The Morgan fingerprint density at radius 2 is 1.52 bits per heavy atom. The molecule has 168 valence electrons. The summed E-state index contributed by atoms with van der Waals surface area (Å²) in [5.41, 5.74) is 6.56. The fourth-order valence-electron chi connectivity index (χ4n) is 4.90. The van der Waals surface area contributed by atoms with Crippen molar-refractivity contribution >= 4 is 17.6 Å². The minimum atomic E-state index is -0.595. The maximum absolute atomic E-state index is 12.8. The highest BCUT2D eigenvalue weighted by Gasteiger charge is 2.41. The van der Waals surface area contributed by atoms with E-state index in [1.165, 1.54) is 0 Å². The fourth-order valence-corrected chi connectivity index (χ4v) is 4.90. The lowest BCUT2D eigenvalue weighted by Gasteiger charge is -2.36. The number of hydrogen-bond donors (Lipinski definition) is 2. The van der Waals surface area contributed by atoms with Gasteiger partial charge < -0.3 is 0 Å². The van der Waals surface area contributed by atoms with Crippen LogP contribution >= 0.6 is 0 Å². The van der Waals surface area contributed by atoms with Gasteiger partial charge in [0.1, 0.15) is 5.78 Å². The number of nitrogens with zero attached hydrogens (tertiary/aromatic N) is 3. The van der Waals surface area contributed by atoms with E-state index in [9.17, 15) is 14.4 Å². The van der Waals surface area contributed by atoms with Crippen LogP contribution in [-0.2, 0) is 9.59 Å². The number of Topliss-reactive ketones (excluding diaryl/α,β-unsaturated/α-hetero) is 1. The summed E-state index contributed by atoms with van der Waals surface area (Å²) in [6.07, 6.45) is 3.86. The molecule has 0 aliphatic heterocycles. The van der Waals surface area contributed by atoms with Crippen LogP contribution in [0.2, 0.25) is 0 Å². The number of hydrazine groups is 1. The molecule has 2 aliphatic rings. The molecule has 0 saturated heterocycles. The Kier molecular flexibility index (Phi) is 5.73. The SMILES string of the molecule is O=C(NNC(=O)C1CC2CCCC(C1)C2=O)c1nc(-c2ccccc2)n(-c2ccccc2)n1. The topological polar surface area (TPSA) is 106 Å². The first-order chi connectivity index (χ1) is 16.1. The first-order valence-electron chi connectivity index (χ1n) is 11.3. The van der Waals surface area contributed by atoms with E-state index in [1.807, 2.05) is 60.7 Å². The van der Waals surface area contributed by atoms with E-state index < -0.39 is 5.91 Å². The zero-order valence-corrected chi connectivity index (χ0v) is 18.1. The second-order valence-electron chi connectivity index (χ2n) is 8.71. The zero-order valence-electron chi connectivity index (χ0n) is 18.1. The van der Waals surface area contributed by atoms with Gasteiger partial charge in [0.25, 0.3) is 0 Å². The summed E-state index contributed by atoms with van der Waals surface area (Å²) in [5.74, 6) is -0.404. The van der Waals surface area contributed by atoms with Gasteiger partial charge in [0.15, 0.2) is 5.82 Å². The molecule has 1 aromatic heterocycles. The molecule has 8 heteroatoms. The maximum Gasteiger partial charge on any atom is 0.309 e. The number of nitrogens with one attached hydrogen (secondary N) is 2. The van der Waals surface area contributed by atoms with Crippen LogP contribution in [0.3, 0.4) is 0 Å². The molecule has 5 rings (SSSR count). The van der Waals surface area contributed by atoms with Gasteiger partial charge in [0.05, 0.1) is 5.69 Å². The number of para-hydroxylation sites is 1. The van der Waals surface area contributed by atoms with E-state index in [1.54, 1.807) is 4.68 Å². The summed E-state index contributed by atoms with van der Waals surface area (Å²) >= 11 is 0. The van der Waals surface area contributed by atoms with Gasteiger partial charge in [0.2, 0.25) is 11.7 Å². The summed E-state index contributed by atoms with van der Waals surface area (Å²) in [6.45, 7) is 0. The van der Waals surface area contributed by atoms with Gasteiger partial charge in [-0.2, -0.15) is 0 Å². The largest absolute Gasteiger partial charge is 0.309 e. The third-order valence-electron chi connectivity index (χ3n) is 6.56. The summed E-state index contributed by atoms with van der Waals surface area (Å²) in [5, 5.41) is 4.40. The molecule has 0 radical (unpaired) electrons. The van der Waals surface area contributed by atoms with Gasteiger partial charge >= 0.3 is 5.91 Å². The molecule has 33 heavy (non-hydrogen) atoms. The highest BCUT2D eigenvalue weighted by atomic mass is 16.2. The fraction of sp³-hybridized carbons (Fsp3) is 0.320. The normalized spacial score (nSPS) is 21.9. The van der Waals surface area contributed by atoms with E-state index >= 15 is 0 Å². The zero-order chi connectivity index (χ0) is 22.8. The van der Waals surface area contributed by atoms with Crippen molar-refractivity contribution in [3.8, 4) is 17.1 Å². The average Bonchev–Trinajstić information content (AvgIpc) is 3.29. The number of fused-ring (bicyclic) bond motifs is 2. The molecule has 2 unspecified atom stereocenters. The first kappa shape index (κ1) is 21.1.